The van der Waals surface area contributed by atoms with Crippen molar-refractivity contribution in [3.63, 3.8) is 0 Å². The number of nitrogen functional groups attached to an aromatic ring is 1. The number of halogens is 1. The molecule has 100 valence electrons. The Morgan fingerprint density at radius 3 is 2.72 bits per heavy atom. The fourth-order valence-electron chi connectivity index (χ4n) is 1.48. The summed E-state index contributed by atoms with van der Waals surface area (Å²) in [7, 11) is 1.60. The Morgan fingerprint density at radius 2 is 2.22 bits per heavy atom. The van der Waals surface area contributed by atoms with Gasteiger partial charge in [0.05, 0.1) is 12.6 Å². The predicted octanol–water partition coefficient (Wildman–Crippen LogP) is 1.72. The highest BCUT2D eigenvalue weighted by Crippen LogP contribution is 2.13. The topological polar surface area (TPSA) is 77.2 Å². The minimum Gasteiger partial charge on any atom is -0.384 e. The van der Waals surface area contributed by atoms with Gasteiger partial charge in [-0.1, -0.05) is 25.4 Å². The Hall–Kier alpha value is -1.33. The van der Waals surface area contributed by atoms with Crippen LogP contribution >= 0.6 is 11.6 Å². The van der Waals surface area contributed by atoms with Gasteiger partial charge in [-0.15, -0.1) is 0 Å². The van der Waals surface area contributed by atoms with Crippen molar-refractivity contribution in [2.45, 2.75) is 19.9 Å². The quantitative estimate of drug-likeness (QED) is 0.800. The van der Waals surface area contributed by atoms with Crippen LogP contribution in [0.2, 0.25) is 5.15 Å². The fraction of sp³-hybridized carbons (Fsp3) is 0.500. The summed E-state index contributed by atoms with van der Waals surface area (Å²) in [5.74, 6) is 0.255. The fourth-order valence-corrected chi connectivity index (χ4v) is 1.70. The lowest BCUT2D eigenvalue weighted by molar-refractivity contribution is 0.0866. The first kappa shape index (κ1) is 14.7. The summed E-state index contributed by atoms with van der Waals surface area (Å²) in [6, 6.07) is 2.92. The molecule has 1 aromatic rings. The minimum atomic E-state index is -0.234. The Labute approximate surface area is 112 Å². The van der Waals surface area contributed by atoms with E-state index in [-0.39, 0.29) is 28.8 Å². The molecule has 0 aliphatic rings. The van der Waals surface area contributed by atoms with Crippen LogP contribution < -0.4 is 11.1 Å². The van der Waals surface area contributed by atoms with Crippen LogP contribution in [0.5, 0.6) is 0 Å². The molecule has 5 nitrogen and oxygen atoms in total. The molecule has 0 spiro atoms. The lowest BCUT2D eigenvalue weighted by Gasteiger charge is -2.21. The number of nitrogens with two attached hydrogens (primary N) is 1. The predicted molar refractivity (Wildman–Crippen MR) is 71.6 cm³/mol. The maximum Gasteiger partial charge on any atom is 0.251 e. The van der Waals surface area contributed by atoms with Gasteiger partial charge in [-0.3, -0.25) is 4.79 Å². The summed E-state index contributed by atoms with van der Waals surface area (Å²) in [6.07, 6.45) is 0. The number of hydrogen-bond acceptors (Lipinski definition) is 4. The van der Waals surface area contributed by atoms with Gasteiger partial charge in [-0.05, 0) is 18.1 Å². The monoisotopic (exact) mass is 271 g/mol. The molecule has 0 aliphatic carbocycles. The highest BCUT2D eigenvalue weighted by Gasteiger charge is 2.17. The van der Waals surface area contributed by atoms with Crippen LogP contribution in [0.4, 0.5) is 5.82 Å². The molecule has 0 aliphatic heterocycles. The minimum absolute atomic E-state index is 0.0596. The largest absolute Gasteiger partial charge is 0.384 e. The van der Waals surface area contributed by atoms with E-state index in [0.29, 0.717) is 12.2 Å². The normalized spacial score (nSPS) is 12.5. The summed E-state index contributed by atoms with van der Waals surface area (Å²) < 4.78 is 5.07. The first-order valence-corrected chi connectivity index (χ1v) is 6.04. The molecule has 1 aromatic heterocycles. The van der Waals surface area contributed by atoms with E-state index in [0.717, 1.165) is 0 Å². The first-order chi connectivity index (χ1) is 8.43. The molecule has 1 heterocycles. The van der Waals surface area contributed by atoms with Crippen molar-refractivity contribution in [2.24, 2.45) is 5.92 Å². The Kier molecular flexibility index (Phi) is 5.37. The molecule has 1 atom stereocenters. The second-order valence-corrected chi connectivity index (χ2v) is 4.77. The zero-order chi connectivity index (χ0) is 13.7. The van der Waals surface area contributed by atoms with Crippen molar-refractivity contribution >= 4 is 23.3 Å². The molecule has 18 heavy (non-hydrogen) atoms. The van der Waals surface area contributed by atoms with Crippen molar-refractivity contribution in [1.82, 2.24) is 10.3 Å². The summed E-state index contributed by atoms with van der Waals surface area (Å²) >= 11 is 5.76. The van der Waals surface area contributed by atoms with E-state index in [1.807, 2.05) is 13.8 Å². The van der Waals surface area contributed by atoms with Gasteiger partial charge >= 0.3 is 0 Å². The van der Waals surface area contributed by atoms with E-state index >= 15 is 0 Å². The Bertz CT molecular complexity index is 404. The van der Waals surface area contributed by atoms with Gasteiger partial charge < -0.3 is 15.8 Å². The number of carbonyl (C=O) groups is 1. The second kappa shape index (κ2) is 6.56. The molecule has 0 fully saturated rings. The second-order valence-electron chi connectivity index (χ2n) is 4.38. The summed E-state index contributed by atoms with van der Waals surface area (Å²) in [5.41, 5.74) is 5.94. The van der Waals surface area contributed by atoms with Crippen molar-refractivity contribution in [3.8, 4) is 0 Å². The number of anilines is 1. The average Bonchev–Trinajstić information content (AvgIpc) is 2.26. The maximum atomic E-state index is 12.0. The Morgan fingerprint density at radius 1 is 1.56 bits per heavy atom. The molecule has 1 amide bonds. The maximum absolute atomic E-state index is 12.0. The van der Waals surface area contributed by atoms with E-state index in [1.54, 1.807) is 7.11 Å². The third-order valence-electron chi connectivity index (χ3n) is 2.54. The van der Waals surface area contributed by atoms with Crippen LogP contribution in [0, 0.1) is 5.92 Å². The van der Waals surface area contributed by atoms with Gasteiger partial charge in [0.25, 0.3) is 5.91 Å². The van der Waals surface area contributed by atoms with Crippen LogP contribution in [0.15, 0.2) is 12.1 Å². The number of nitrogens with zero attached hydrogens (tertiary/aromatic N) is 1. The van der Waals surface area contributed by atoms with Gasteiger partial charge in [-0.2, -0.15) is 0 Å². The molecule has 1 rings (SSSR count). The molecule has 0 radical (unpaired) electrons. The standard InChI is InChI=1S/C12H18ClN3O2/c1-7(2)9(6-18-3)15-12(17)8-4-10(13)16-11(14)5-8/h4-5,7,9H,6H2,1-3H3,(H2,14,16)(H,15,17). The highest BCUT2D eigenvalue weighted by atomic mass is 35.5. The molecule has 0 saturated heterocycles. The SMILES string of the molecule is COCC(NC(=O)c1cc(N)nc(Cl)c1)C(C)C. The van der Waals surface area contributed by atoms with Crippen molar-refractivity contribution < 1.29 is 9.53 Å². The molecule has 1 unspecified atom stereocenters. The zero-order valence-corrected chi connectivity index (χ0v) is 11.5. The Balaban J connectivity index is 2.80. The lowest BCUT2D eigenvalue weighted by atomic mass is 10.0. The van der Waals surface area contributed by atoms with Gasteiger partial charge in [0.2, 0.25) is 0 Å². The number of rotatable bonds is 5. The van der Waals surface area contributed by atoms with Gasteiger partial charge in [0, 0.05) is 12.7 Å². The highest BCUT2D eigenvalue weighted by molar-refractivity contribution is 6.29. The number of pyridine rings is 1. The number of hydrogen-bond donors (Lipinski definition) is 2. The van der Waals surface area contributed by atoms with E-state index < -0.39 is 0 Å². The molecule has 6 heteroatoms. The molecular formula is C12H18ClN3O2. The van der Waals surface area contributed by atoms with Gasteiger partial charge in [-0.25, -0.2) is 4.98 Å². The zero-order valence-electron chi connectivity index (χ0n) is 10.7. The van der Waals surface area contributed by atoms with Crippen LogP contribution in [0.25, 0.3) is 0 Å². The number of methoxy groups -OCH3 is 1. The number of amides is 1. The number of ether oxygens (including phenoxy) is 1. The molecule has 3 N–H and O–H groups in total. The van der Waals surface area contributed by atoms with E-state index in [9.17, 15) is 4.79 Å². The van der Waals surface area contributed by atoms with Gasteiger partial charge in [0.15, 0.2) is 0 Å². The summed E-state index contributed by atoms with van der Waals surface area (Å²) in [5, 5.41) is 3.08. The first-order valence-electron chi connectivity index (χ1n) is 5.67. The summed E-state index contributed by atoms with van der Waals surface area (Å²) in [6.45, 7) is 4.48. The third-order valence-corrected chi connectivity index (χ3v) is 2.74. The van der Waals surface area contributed by atoms with E-state index in [2.05, 4.69) is 10.3 Å². The average molecular weight is 272 g/mol. The summed E-state index contributed by atoms with van der Waals surface area (Å²) in [4.78, 5) is 15.8. The van der Waals surface area contributed by atoms with Crippen molar-refractivity contribution in [2.75, 3.05) is 19.5 Å². The van der Waals surface area contributed by atoms with Crippen LogP contribution in [-0.2, 0) is 4.74 Å². The van der Waals surface area contributed by atoms with Crippen LogP contribution in [0.3, 0.4) is 0 Å². The lowest BCUT2D eigenvalue weighted by Crippen LogP contribution is -2.41. The number of nitrogens with one attached hydrogen (secondary N) is 1. The molecular weight excluding hydrogens is 254 g/mol. The number of carbonyl (C=O) groups excluding carboxylic acids is 1. The number of aromatic nitrogens is 1. The smallest absolute Gasteiger partial charge is 0.251 e. The van der Waals surface area contributed by atoms with Crippen molar-refractivity contribution in [3.05, 3.63) is 22.8 Å². The molecule has 0 aromatic carbocycles. The van der Waals surface area contributed by atoms with E-state index in [4.69, 9.17) is 22.1 Å². The third kappa shape index (κ3) is 4.16. The van der Waals surface area contributed by atoms with Crippen molar-refractivity contribution in [1.29, 1.82) is 0 Å². The van der Waals surface area contributed by atoms with Crippen LogP contribution in [0.1, 0.15) is 24.2 Å². The van der Waals surface area contributed by atoms with E-state index in [1.165, 1.54) is 12.1 Å². The van der Waals surface area contributed by atoms with Gasteiger partial charge in [0.1, 0.15) is 11.0 Å². The molecule has 0 bridgehead atoms. The van der Waals surface area contributed by atoms with Crippen LogP contribution in [-0.4, -0.2) is 30.6 Å². The molecule has 0 saturated carbocycles.